The Hall–Kier alpha value is -3.59. The molecule has 1 fully saturated rings. The Morgan fingerprint density at radius 3 is 2.50 bits per heavy atom. The van der Waals surface area contributed by atoms with E-state index in [0.717, 1.165) is 12.1 Å². The van der Waals surface area contributed by atoms with E-state index >= 15 is 0 Å². The molecule has 0 unspecified atom stereocenters. The van der Waals surface area contributed by atoms with Gasteiger partial charge in [-0.1, -0.05) is 18.2 Å². The number of hydrogen-bond acceptors (Lipinski definition) is 5. The summed E-state index contributed by atoms with van der Waals surface area (Å²) in [6, 6.07) is 15.2. The lowest BCUT2D eigenvalue weighted by Crippen LogP contribution is -2.36. The second-order valence-corrected chi connectivity index (χ2v) is 7.05. The van der Waals surface area contributed by atoms with E-state index in [9.17, 15) is 18.0 Å². The molecule has 1 aliphatic heterocycles. The van der Waals surface area contributed by atoms with Crippen LogP contribution in [0.2, 0.25) is 0 Å². The van der Waals surface area contributed by atoms with Crippen LogP contribution in [0.15, 0.2) is 66.9 Å². The Morgan fingerprint density at radius 2 is 1.78 bits per heavy atom. The minimum absolute atomic E-state index is 0.0519. The highest BCUT2D eigenvalue weighted by atomic mass is 19.4. The number of morpholine rings is 1. The highest BCUT2D eigenvalue weighted by Crippen LogP contribution is 2.36. The highest BCUT2D eigenvalue weighted by Gasteiger charge is 2.32. The number of hydrogen-bond donors (Lipinski definition) is 1. The van der Waals surface area contributed by atoms with E-state index in [1.165, 1.54) is 18.3 Å². The van der Waals surface area contributed by atoms with Crippen LogP contribution < -0.4 is 15.0 Å². The number of pyridine rings is 1. The first-order valence-electron chi connectivity index (χ1n) is 9.95. The van der Waals surface area contributed by atoms with Crippen molar-refractivity contribution in [2.75, 3.05) is 36.5 Å². The van der Waals surface area contributed by atoms with Crippen molar-refractivity contribution in [3.05, 3.63) is 78.0 Å². The van der Waals surface area contributed by atoms with Gasteiger partial charge in [0.15, 0.2) is 0 Å². The summed E-state index contributed by atoms with van der Waals surface area (Å²) >= 11 is 0. The zero-order valence-electron chi connectivity index (χ0n) is 16.9. The van der Waals surface area contributed by atoms with Crippen molar-refractivity contribution < 1.29 is 27.4 Å². The van der Waals surface area contributed by atoms with E-state index in [0.29, 0.717) is 37.7 Å². The predicted molar refractivity (Wildman–Crippen MR) is 113 cm³/mol. The second-order valence-electron chi connectivity index (χ2n) is 7.05. The minimum Gasteiger partial charge on any atom is -0.438 e. The van der Waals surface area contributed by atoms with E-state index < -0.39 is 17.6 Å². The Kier molecular flexibility index (Phi) is 6.27. The standard InChI is InChI=1S/C23H20F3N3O3/c24-23(25,26)16-8-9-20(29-11-13-31-14-12-29)19(15-16)28-21(30)18-7-4-10-27-22(18)32-17-5-2-1-3-6-17/h1-10,15H,11-14H2,(H,28,30). The lowest BCUT2D eigenvalue weighted by molar-refractivity contribution is -0.137. The third kappa shape index (κ3) is 5.00. The Bertz CT molecular complexity index is 1080. The molecular weight excluding hydrogens is 423 g/mol. The molecule has 6 nitrogen and oxygen atoms in total. The average molecular weight is 443 g/mol. The molecule has 2 heterocycles. The first kappa shape index (κ1) is 21.6. The van der Waals surface area contributed by atoms with Crippen LogP contribution in [0.3, 0.4) is 0 Å². The summed E-state index contributed by atoms with van der Waals surface area (Å²) in [5, 5.41) is 2.62. The number of anilines is 2. The average Bonchev–Trinajstić information content (AvgIpc) is 2.80. The van der Waals surface area contributed by atoms with Gasteiger partial charge in [-0.2, -0.15) is 13.2 Å². The monoisotopic (exact) mass is 443 g/mol. The van der Waals surface area contributed by atoms with Gasteiger partial charge >= 0.3 is 6.18 Å². The maximum absolute atomic E-state index is 13.3. The number of halogens is 3. The first-order chi connectivity index (χ1) is 15.4. The molecule has 1 aromatic heterocycles. The zero-order chi connectivity index (χ0) is 22.6. The number of alkyl halides is 3. The van der Waals surface area contributed by atoms with Crippen molar-refractivity contribution in [3.8, 4) is 11.6 Å². The fourth-order valence-electron chi connectivity index (χ4n) is 3.33. The molecule has 166 valence electrons. The van der Waals surface area contributed by atoms with Crippen molar-refractivity contribution in [2.45, 2.75) is 6.18 Å². The number of nitrogens with one attached hydrogen (secondary N) is 1. The largest absolute Gasteiger partial charge is 0.438 e. The summed E-state index contributed by atoms with van der Waals surface area (Å²) in [5.74, 6) is -0.0951. The van der Waals surface area contributed by atoms with Crippen molar-refractivity contribution >= 4 is 17.3 Å². The van der Waals surface area contributed by atoms with Crippen LogP contribution in [0.5, 0.6) is 11.6 Å². The third-order valence-corrected chi connectivity index (χ3v) is 4.90. The normalized spacial score (nSPS) is 14.2. The zero-order valence-corrected chi connectivity index (χ0v) is 16.9. The Balaban J connectivity index is 1.65. The van der Waals surface area contributed by atoms with Gasteiger partial charge in [0.25, 0.3) is 5.91 Å². The minimum atomic E-state index is -4.54. The molecule has 1 aliphatic rings. The number of aromatic nitrogens is 1. The summed E-state index contributed by atoms with van der Waals surface area (Å²) in [5.41, 5.74) is -0.205. The third-order valence-electron chi connectivity index (χ3n) is 4.90. The molecule has 3 aromatic rings. The fourth-order valence-corrected chi connectivity index (χ4v) is 3.33. The van der Waals surface area contributed by atoms with Crippen molar-refractivity contribution in [3.63, 3.8) is 0 Å². The van der Waals surface area contributed by atoms with Gasteiger partial charge < -0.3 is 19.7 Å². The van der Waals surface area contributed by atoms with Gasteiger partial charge in [0.1, 0.15) is 11.3 Å². The molecule has 0 saturated carbocycles. The molecule has 1 saturated heterocycles. The summed E-state index contributed by atoms with van der Waals surface area (Å²) < 4.78 is 51.0. The SMILES string of the molecule is O=C(Nc1cc(C(F)(F)F)ccc1N1CCOCC1)c1cccnc1Oc1ccccc1. The van der Waals surface area contributed by atoms with E-state index in [1.54, 1.807) is 30.3 Å². The number of carbonyl (C=O) groups is 1. The lowest BCUT2D eigenvalue weighted by Gasteiger charge is -2.31. The van der Waals surface area contributed by atoms with Gasteiger partial charge in [0, 0.05) is 19.3 Å². The number of rotatable bonds is 5. The molecule has 4 rings (SSSR count). The van der Waals surface area contributed by atoms with Crippen LogP contribution in [0.1, 0.15) is 15.9 Å². The summed E-state index contributed by atoms with van der Waals surface area (Å²) in [7, 11) is 0. The highest BCUT2D eigenvalue weighted by molar-refractivity contribution is 6.07. The molecule has 1 amide bonds. The smallest absolute Gasteiger partial charge is 0.416 e. The van der Waals surface area contributed by atoms with Gasteiger partial charge in [0.2, 0.25) is 5.88 Å². The number of ether oxygens (including phenoxy) is 2. The van der Waals surface area contributed by atoms with Gasteiger partial charge in [0.05, 0.1) is 30.2 Å². The van der Waals surface area contributed by atoms with Gasteiger partial charge in [-0.25, -0.2) is 4.98 Å². The molecular formula is C23H20F3N3O3. The van der Waals surface area contributed by atoms with Gasteiger partial charge in [-0.3, -0.25) is 4.79 Å². The molecule has 1 N–H and O–H groups in total. The number of nitrogens with zero attached hydrogens (tertiary/aromatic N) is 2. The molecule has 0 atom stereocenters. The van der Waals surface area contributed by atoms with Crippen LogP contribution in [-0.2, 0) is 10.9 Å². The topological polar surface area (TPSA) is 63.7 Å². The number of carbonyl (C=O) groups excluding carboxylic acids is 1. The van der Waals surface area contributed by atoms with E-state index in [-0.39, 0.29) is 17.1 Å². The second kappa shape index (κ2) is 9.27. The first-order valence-corrected chi connectivity index (χ1v) is 9.95. The summed E-state index contributed by atoms with van der Waals surface area (Å²) in [6.07, 6.45) is -3.07. The fraction of sp³-hybridized carbons (Fsp3) is 0.217. The van der Waals surface area contributed by atoms with Gasteiger partial charge in [-0.05, 0) is 42.5 Å². The van der Waals surface area contributed by atoms with Crippen LogP contribution in [0.4, 0.5) is 24.5 Å². The summed E-state index contributed by atoms with van der Waals surface area (Å²) in [6.45, 7) is 1.91. The molecule has 0 spiro atoms. The van der Waals surface area contributed by atoms with Crippen molar-refractivity contribution in [2.24, 2.45) is 0 Å². The van der Waals surface area contributed by atoms with E-state index in [4.69, 9.17) is 9.47 Å². The van der Waals surface area contributed by atoms with Crippen molar-refractivity contribution in [1.82, 2.24) is 4.98 Å². The predicted octanol–water partition coefficient (Wildman–Crippen LogP) is 4.98. The molecule has 0 aliphatic carbocycles. The molecule has 0 bridgehead atoms. The van der Waals surface area contributed by atoms with Crippen LogP contribution in [0.25, 0.3) is 0 Å². The number of para-hydroxylation sites is 1. The quantitative estimate of drug-likeness (QED) is 0.603. The van der Waals surface area contributed by atoms with E-state index in [1.807, 2.05) is 11.0 Å². The maximum atomic E-state index is 13.3. The molecule has 9 heteroatoms. The Labute approximate surface area is 182 Å². The van der Waals surface area contributed by atoms with Crippen LogP contribution >= 0.6 is 0 Å². The summed E-state index contributed by atoms with van der Waals surface area (Å²) in [4.78, 5) is 19.1. The maximum Gasteiger partial charge on any atom is 0.416 e. The molecule has 2 aromatic carbocycles. The molecule has 32 heavy (non-hydrogen) atoms. The number of benzene rings is 2. The lowest BCUT2D eigenvalue weighted by atomic mass is 10.1. The van der Waals surface area contributed by atoms with Crippen LogP contribution in [0, 0.1) is 0 Å². The number of amides is 1. The molecule has 0 radical (unpaired) electrons. The van der Waals surface area contributed by atoms with E-state index in [2.05, 4.69) is 10.3 Å². The van der Waals surface area contributed by atoms with Crippen LogP contribution in [-0.4, -0.2) is 37.2 Å². The Morgan fingerprint density at radius 1 is 1.03 bits per heavy atom. The van der Waals surface area contributed by atoms with Crippen molar-refractivity contribution in [1.29, 1.82) is 0 Å². The van der Waals surface area contributed by atoms with Gasteiger partial charge in [-0.15, -0.1) is 0 Å².